The van der Waals surface area contributed by atoms with Crippen molar-refractivity contribution in [2.24, 2.45) is 0 Å². The number of rotatable bonds is 5. The highest BCUT2D eigenvalue weighted by Crippen LogP contribution is 2.28. The van der Waals surface area contributed by atoms with Crippen LogP contribution in [-0.2, 0) is 4.79 Å². The summed E-state index contributed by atoms with van der Waals surface area (Å²) in [5.41, 5.74) is 0.697. The van der Waals surface area contributed by atoms with Crippen molar-refractivity contribution in [3.8, 4) is 6.07 Å². The molecule has 0 aliphatic carbocycles. The van der Waals surface area contributed by atoms with Gasteiger partial charge in [-0.1, -0.05) is 23.2 Å². The third-order valence-electron chi connectivity index (χ3n) is 3.30. The SMILES string of the molecule is CN(CC(=O)Nc1ccc(Cl)c(Cl)c1)c1cc(C#N)ccc1[N+](=O)[O-]. The highest BCUT2D eigenvalue weighted by Gasteiger charge is 2.19. The maximum Gasteiger partial charge on any atom is 0.292 e. The van der Waals surface area contributed by atoms with Crippen molar-refractivity contribution in [2.75, 3.05) is 23.8 Å². The van der Waals surface area contributed by atoms with Crippen LogP contribution in [0.25, 0.3) is 0 Å². The van der Waals surface area contributed by atoms with Crippen LogP contribution in [0.1, 0.15) is 5.56 Å². The Balaban J connectivity index is 2.17. The molecule has 1 amide bonds. The first kappa shape index (κ1) is 18.5. The van der Waals surface area contributed by atoms with E-state index in [4.69, 9.17) is 28.5 Å². The first-order valence-corrected chi connectivity index (χ1v) is 7.72. The molecule has 0 aromatic heterocycles. The summed E-state index contributed by atoms with van der Waals surface area (Å²) in [4.78, 5) is 24.1. The zero-order valence-electron chi connectivity index (χ0n) is 13.0. The minimum absolute atomic E-state index is 0.157. The maximum atomic E-state index is 12.2. The number of nitriles is 1. The summed E-state index contributed by atoms with van der Waals surface area (Å²) < 4.78 is 0. The van der Waals surface area contributed by atoms with Crippen LogP contribution in [0, 0.1) is 21.4 Å². The number of hydrogen-bond acceptors (Lipinski definition) is 5. The molecule has 0 aliphatic rings. The van der Waals surface area contributed by atoms with Gasteiger partial charge in [0.2, 0.25) is 5.91 Å². The predicted molar refractivity (Wildman–Crippen MR) is 96.2 cm³/mol. The minimum atomic E-state index is -0.566. The number of anilines is 2. The number of nitro groups is 1. The topological polar surface area (TPSA) is 99.3 Å². The number of amides is 1. The molecule has 1 N–H and O–H groups in total. The van der Waals surface area contributed by atoms with Gasteiger partial charge in [-0.3, -0.25) is 14.9 Å². The van der Waals surface area contributed by atoms with Gasteiger partial charge in [0.05, 0.1) is 33.1 Å². The van der Waals surface area contributed by atoms with Gasteiger partial charge >= 0.3 is 0 Å². The van der Waals surface area contributed by atoms with E-state index in [0.717, 1.165) is 0 Å². The fourth-order valence-corrected chi connectivity index (χ4v) is 2.43. The van der Waals surface area contributed by atoms with E-state index in [0.29, 0.717) is 15.7 Å². The second-order valence-electron chi connectivity index (χ2n) is 5.11. The zero-order valence-corrected chi connectivity index (χ0v) is 14.5. The Morgan fingerprint density at radius 3 is 2.60 bits per heavy atom. The maximum absolute atomic E-state index is 12.2. The summed E-state index contributed by atoms with van der Waals surface area (Å²) in [5.74, 6) is -0.405. The molecular weight excluding hydrogens is 367 g/mol. The molecule has 0 heterocycles. The normalized spacial score (nSPS) is 10.0. The number of likely N-dealkylation sites (N-methyl/N-ethyl adjacent to an activating group) is 1. The highest BCUT2D eigenvalue weighted by atomic mass is 35.5. The largest absolute Gasteiger partial charge is 0.360 e. The molecule has 0 atom stereocenters. The Hall–Kier alpha value is -2.82. The van der Waals surface area contributed by atoms with Gasteiger partial charge in [-0.05, 0) is 30.3 Å². The van der Waals surface area contributed by atoms with Crippen molar-refractivity contribution in [3.63, 3.8) is 0 Å². The molecule has 2 aromatic carbocycles. The van der Waals surface area contributed by atoms with Gasteiger partial charge in [-0.25, -0.2) is 0 Å². The lowest BCUT2D eigenvalue weighted by Gasteiger charge is -2.19. The molecule has 128 valence electrons. The van der Waals surface area contributed by atoms with E-state index in [1.165, 1.54) is 36.2 Å². The lowest BCUT2D eigenvalue weighted by Crippen LogP contribution is -2.30. The third kappa shape index (κ3) is 4.59. The lowest BCUT2D eigenvalue weighted by atomic mass is 10.1. The Bertz CT molecular complexity index is 880. The van der Waals surface area contributed by atoms with E-state index in [2.05, 4.69) is 5.32 Å². The standard InChI is InChI=1S/C16H12Cl2N4O3/c1-21(15-6-10(8-19)2-5-14(15)22(24)25)9-16(23)20-11-3-4-12(17)13(18)7-11/h2-7H,9H2,1H3,(H,20,23). The van der Waals surface area contributed by atoms with Crippen LogP contribution < -0.4 is 10.2 Å². The van der Waals surface area contributed by atoms with Crippen LogP contribution >= 0.6 is 23.2 Å². The van der Waals surface area contributed by atoms with E-state index in [-0.39, 0.29) is 23.5 Å². The molecule has 2 aromatic rings. The Morgan fingerprint density at radius 1 is 1.28 bits per heavy atom. The molecule has 0 unspecified atom stereocenters. The summed E-state index contributed by atoms with van der Waals surface area (Å²) in [6.07, 6.45) is 0. The van der Waals surface area contributed by atoms with Crippen molar-refractivity contribution < 1.29 is 9.72 Å². The number of nitro benzene ring substituents is 1. The van der Waals surface area contributed by atoms with E-state index < -0.39 is 10.8 Å². The predicted octanol–water partition coefficient (Wildman–Crippen LogP) is 3.85. The molecule has 0 radical (unpaired) electrons. The molecule has 0 saturated carbocycles. The Morgan fingerprint density at radius 2 is 2.00 bits per heavy atom. The average Bonchev–Trinajstić information content (AvgIpc) is 2.57. The zero-order chi connectivity index (χ0) is 18.6. The molecule has 0 spiro atoms. The highest BCUT2D eigenvalue weighted by molar-refractivity contribution is 6.42. The minimum Gasteiger partial charge on any atom is -0.360 e. The molecule has 0 aliphatic heterocycles. The molecule has 9 heteroatoms. The van der Waals surface area contributed by atoms with Crippen LogP contribution in [-0.4, -0.2) is 24.4 Å². The summed E-state index contributed by atoms with van der Waals surface area (Å²) in [6, 6.07) is 10.5. The molecule has 0 fully saturated rings. The number of carbonyl (C=O) groups is 1. The van der Waals surface area contributed by atoms with Gasteiger partial charge in [-0.15, -0.1) is 0 Å². The number of nitrogens with one attached hydrogen (secondary N) is 1. The van der Waals surface area contributed by atoms with Gasteiger partial charge in [0.15, 0.2) is 0 Å². The smallest absolute Gasteiger partial charge is 0.292 e. The number of benzene rings is 2. The fraction of sp³-hybridized carbons (Fsp3) is 0.125. The van der Waals surface area contributed by atoms with Crippen molar-refractivity contribution >= 4 is 46.2 Å². The first-order chi connectivity index (χ1) is 11.8. The number of hydrogen-bond donors (Lipinski definition) is 1. The number of halogens is 2. The van der Waals surface area contributed by atoms with Gasteiger partial charge in [-0.2, -0.15) is 5.26 Å². The second kappa shape index (κ2) is 7.83. The first-order valence-electron chi connectivity index (χ1n) is 6.96. The van der Waals surface area contributed by atoms with Gasteiger partial charge in [0.25, 0.3) is 5.69 Å². The van der Waals surface area contributed by atoms with Crippen LogP contribution in [0.3, 0.4) is 0 Å². The lowest BCUT2D eigenvalue weighted by molar-refractivity contribution is -0.384. The van der Waals surface area contributed by atoms with Gasteiger partial charge in [0.1, 0.15) is 5.69 Å². The Kier molecular flexibility index (Phi) is 5.80. The van der Waals surface area contributed by atoms with E-state index in [1.807, 2.05) is 6.07 Å². The monoisotopic (exact) mass is 378 g/mol. The molecule has 0 bridgehead atoms. The Labute approximate surface area is 153 Å². The third-order valence-corrected chi connectivity index (χ3v) is 4.04. The van der Waals surface area contributed by atoms with Crippen LogP contribution in [0.4, 0.5) is 17.1 Å². The molecule has 2 rings (SSSR count). The van der Waals surface area contributed by atoms with Crippen molar-refractivity contribution in [3.05, 3.63) is 62.1 Å². The number of carbonyl (C=O) groups excluding carboxylic acids is 1. The summed E-state index contributed by atoms with van der Waals surface area (Å²) in [5, 5.41) is 23.4. The van der Waals surface area contributed by atoms with Crippen LogP contribution in [0.5, 0.6) is 0 Å². The quantitative estimate of drug-likeness (QED) is 0.628. The van der Waals surface area contributed by atoms with Crippen molar-refractivity contribution in [2.45, 2.75) is 0 Å². The van der Waals surface area contributed by atoms with E-state index in [1.54, 1.807) is 12.1 Å². The van der Waals surface area contributed by atoms with E-state index in [9.17, 15) is 14.9 Å². The number of nitrogens with zero attached hydrogens (tertiary/aromatic N) is 3. The second-order valence-corrected chi connectivity index (χ2v) is 5.92. The summed E-state index contributed by atoms with van der Waals surface area (Å²) in [7, 11) is 1.53. The van der Waals surface area contributed by atoms with Crippen molar-refractivity contribution in [1.29, 1.82) is 5.26 Å². The van der Waals surface area contributed by atoms with Gasteiger partial charge < -0.3 is 10.2 Å². The molecular formula is C16H12Cl2N4O3. The van der Waals surface area contributed by atoms with Crippen LogP contribution in [0.2, 0.25) is 10.0 Å². The fourth-order valence-electron chi connectivity index (χ4n) is 2.13. The van der Waals surface area contributed by atoms with Gasteiger partial charge in [0, 0.05) is 18.8 Å². The summed E-state index contributed by atoms with van der Waals surface area (Å²) >= 11 is 11.7. The summed E-state index contributed by atoms with van der Waals surface area (Å²) in [6.45, 7) is -0.157. The van der Waals surface area contributed by atoms with Crippen LogP contribution in [0.15, 0.2) is 36.4 Å². The van der Waals surface area contributed by atoms with E-state index >= 15 is 0 Å². The molecule has 25 heavy (non-hydrogen) atoms. The average molecular weight is 379 g/mol. The molecule has 7 nitrogen and oxygen atoms in total. The van der Waals surface area contributed by atoms with Crippen molar-refractivity contribution in [1.82, 2.24) is 0 Å². The molecule has 0 saturated heterocycles.